The zero-order valence-electron chi connectivity index (χ0n) is 10.6. The summed E-state index contributed by atoms with van der Waals surface area (Å²) in [7, 11) is 0. The second kappa shape index (κ2) is 5.78. The van der Waals surface area contributed by atoms with Crippen LogP contribution in [0.5, 0.6) is 11.5 Å². The SMILES string of the molecule is [CH2]C(C)c1cccc(OC(C)C)c1OCC. The molecule has 2 heteroatoms. The Morgan fingerprint density at radius 2 is 1.94 bits per heavy atom. The van der Waals surface area contributed by atoms with Gasteiger partial charge in [0.1, 0.15) is 0 Å². The Balaban J connectivity index is 3.10. The van der Waals surface area contributed by atoms with Gasteiger partial charge in [-0.1, -0.05) is 19.1 Å². The fourth-order valence-corrected chi connectivity index (χ4v) is 1.57. The topological polar surface area (TPSA) is 18.5 Å². The molecule has 0 aliphatic carbocycles. The van der Waals surface area contributed by atoms with Gasteiger partial charge in [-0.25, -0.2) is 0 Å². The molecule has 0 saturated heterocycles. The van der Waals surface area contributed by atoms with Gasteiger partial charge in [0.15, 0.2) is 11.5 Å². The Bertz CT molecular complexity index is 330. The first-order valence-electron chi connectivity index (χ1n) is 5.81. The summed E-state index contributed by atoms with van der Waals surface area (Å²) < 4.78 is 11.4. The standard InChI is InChI=1S/C14H21O2/c1-6-15-14-12(10(2)3)8-7-9-13(14)16-11(4)5/h7-11H,2,6H2,1,3-5H3. The summed E-state index contributed by atoms with van der Waals surface area (Å²) in [4.78, 5) is 0. The van der Waals surface area contributed by atoms with Crippen molar-refractivity contribution in [3.8, 4) is 11.5 Å². The molecule has 1 rings (SSSR count). The van der Waals surface area contributed by atoms with Crippen molar-refractivity contribution in [3.63, 3.8) is 0 Å². The quantitative estimate of drug-likeness (QED) is 0.752. The highest BCUT2D eigenvalue weighted by molar-refractivity contribution is 5.48. The van der Waals surface area contributed by atoms with E-state index in [0.717, 1.165) is 17.1 Å². The number of rotatable bonds is 5. The molecule has 0 amide bonds. The van der Waals surface area contributed by atoms with Crippen molar-refractivity contribution in [2.24, 2.45) is 0 Å². The highest BCUT2D eigenvalue weighted by atomic mass is 16.5. The Hall–Kier alpha value is -1.18. The maximum atomic E-state index is 5.74. The molecule has 0 bridgehead atoms. The Morgan fingerprint density at radius 1 is 1.25 bits per heavy atom. The molecule has 0 saturated carbocycles. The largest absolute Gasteiger partial charge is 0.490 e. The van der Waals surface area contributed by atoms with E-state index in [2.05, 4.69) is 13.8 Å². The van der Waals surface area contributed by atoms with Gasteiger partial charge in [0, 0.05) is 5.56 Å². The van der Waals surface area contributed by atoms with Gasteiger partial charge in [0.2, 0.25) is 0 Å². The fraction of sp³-hybridized carbons (Fsp3) is 0.500. The Labute approximate surface area is 98.6 Å². The lowest BCUT2D eigenvalue weighted by Crippen LogP contribution is -2.08. The molecule has 89 valence electrons. The van der Waals surface area contributed by atoms with Crippen LogP contribution < -0.4 is 9.47 Å². The molecule has 1 aromatic carbocycles. The molecule has 0 aliphatic heterocycles. The maximum absolute atomic E-state index is 5.74. The average Bonchev–Trinajstić information content (AvgIpc) is 2.19. The first-order valence-corrected chi connectivity index (χ1v) is 5.81. The minimum absolute atomic E-state index is 0.148. The van der Waals surface area contributed by atoms with Crippen molar-refractivity contribution in [2.75, 3.05) is 6.61 Å². The van der Waals surface area contributed by atoms with Crippen molar-refractivity contribution in [1.82, 2.24) is 0 Å². The molecule has 1 unspecified atom stereocenters. The van der Waals surface area contributed by atoms with E-state index in [1.54, 1.807) is 0 Å². The number of hydrogen-bond acceptors (Lipinski definition) is 2. The third-order valence-electron chi connectivity index (χ3n) is 2.19. The van der Waals surface area contributed by atoms with Gasteiger partial charge >= 0.3 is 0 Å². The summed E-state index contributed by atoms with van der Waals surface area (Å²) in [6.07, 6.45) is 0.148. The number of hydrogen-bond donors (Lipinski definition) is 0. The van der Waals surface area contributed by atoms with Crippen LogP contribution in [0.4, 0.5) is 0 Å². The van der Waals surface area contributed by atoms with E-state index < -0.39 is 0 Å². The lowest BCUT2D eigenvalue weighted by atomic mass is 10.0. The molecular formula is C14H21O2. The summed E-state index contributed by atoms with van der Waals surface area (Å²) in [5.74, 6) is 1.84. The average molecular weight is 221 g/mol. The van der Waals surface area contributed by atoms with E-state index in [9.17, 15) is 0 Å². The fourth-order valence-electron chi connectivity index (χ4n) is 1.57. The zero-order chi connectivity index (χ0) is 12.1. The number of benzene rings is 1. The molecule has 0 spiro atoms. The molecule has 0 aromatic heterocycles. The molecule has 1 atom stereocenters. The highest BCUT2D eigenvalue weighted by Gasteiger charge is 2.14. The minimum atomic E-state index is 0.148. The predicted molar refractivity (Wildman–Crippen MR) is 67.1 cm³/mol. The first-order chi connectivity index (χ1) is 7.56. The summed E-state index contributed by atoms with van der Waals surface area (Å²) in [6.45, 7) is 12.7. The molecule has 0 N–H and O–H groups in total. The van der Waals surface area contributed by atoms with Crippen molar-refractivity contribution in [1.29, 1.82) is 0 Å². The molecular weight excluding hydrogens is 200 g/mol. The van der Waals surface area contributed by atoms with Crippen molar-refractivity contribution in [3.05, 3.63) is 30.7 Å². The smallest absolute Gasteiger partial charge is 0.164 e. The molecule has 0 heterocycles. The van der Waals surface area contributed by atoms with Gasteiger partial charge in [-0.2, -0.15) is 0 Å². The van der Waals surface area contributed by atoms with E-state index >= 15 is 0 Å². The van der Waals surface area contributed by atoms with Gasteiger partial charge in [-0.05, 0) is 39.7 Å². The summed E-state index contributed by atoms with van der Waals surface area (Å²) in [5, 5.41) is 0. The molecule has 16 heavy (non-hydrogen) atoms. The monoisotopic (exact) mass is 221 g/mol. The second-order valence-electron chi connectivity index (χ2n) is 4.18. The Kier molecular flexibility index (Phi) is 4.66. The van der Waals surface area contributed by atoms with Crippen LogP contribution in [0.1, 0.15) is 39.2 Å². The van der Waals surface area contributed by atoms with E-state index in [0.29, 0.717) is 6.61 Å². The van der Waals surface area contributed by atoms with E-state index in [1.807, 2.05) is 39.0 Å². The van der Waals surface area contributed by atoms with Crippen LogP contribution in [0.3, 0.4) is 0 Å². The third-order valence-corrected chi connectivity index (χ3v) is 2.19. The van der Waals surface area contributed by atoms with Gasteiger partial charge < -0.3 is 9.47 Å². The van der Waals surface area contributed by atoms with Crippen molar-refractivity contribution >= 4 is 0 Å². The zero-order valence-corrected chi connectivity index (χ0v) is 10.6. The lowest BCUT2D eigenvalue weighted by Gasteiger charge is -2.19. The molecule has 1 aromatic rings. The van der Waals surface area contributed by atoms with Crippen LogP contribution in [0.15, 0.2) is 18.2 Å². The predicted octanol–water partition coefficient (Wildman–Crippen LogP) is 3.81. The number of ether oxygens (including phenoxy) is 2. The number of para-hydroxylation sites is 1. The van der Waals surface area contributed by atoms with Crippen LogP contribution in [0.25, 0.3) is 0 Å². The lowest BCUT2D eigenvalue weighted by molar-refractivity contribution is 0.222. The normalized spacial score (nSPS) is 10.9. The van der Waals surface area contributed by atoms with Gasteiger partial charge in [-0.3, -0.25) is 0 Å². The molecule has 2 nitrogen and oxygen atoms in total. The summed E-state index contributed by atoms with van der Waals surface area (Å²) in [6, 6.07) is 5.96. The summed E-state index contributed by atoms with van der Waals surface area (Å²) in [5.41, 5.74) is 1.10. The first kappa shape index (κ1) is 12.9. The van der Waals surface area contributed by atoms with Crippen LogP contribution in [0, 0.1) is 6.92 Å². The van der Waals surface area contributed by atoms with E-state index in [4.69, 9.17) is 9.47 Å². The second-order valence-corrected chi connectivity index (χ2v) is 4.18. The Morgan fingerprint density at radius 3 is 2.44 bits per heavy atom. The van der Waals surface area contributed by atoms with Crippen molar-refractivity contribution < 1.29 is 9.47 Å². The van der Waals surface area contributed by atoms with Crippen LogP contribution in [0.2, 0.25) is 0 Å². The van der Waals surface area contributed by atoms with Crippen LogP contribution in [-0.2, 0) is 0 Å². The molecule has 0 aliphatic rings. The summed E-state index contributed by atoms with van der Waals surface area (Å²) >= 11 is 0. The van der Waals surface area contributed by atoms with Crippen molar-refractivity contribution in [2.45, 2.75) is 39.7 Å². The maximum Gasteiger partial charge on any atom is 0.164 e. The minimum Gasteiger partial charge on any atom is -0.490 e. The van der Waals surface area contributed by atoms with E-state index in [1.165, 1.54) is 0 Å². The third kappa shape index (κ3) is 3.16. The van der Waals surface area contributed by atoms with Crippen LogP contribution in [-0.4, -0.2) is 12.7 Å². The van der Waals surface area contributed by atoms with Crippen LogP contribution >= 0.6 is 0 Å². The molecule has 0 fully saturated rings. The molecule has 1 radical (unpaired) electrons. The van der Waals surface area contributed by atoms with E-state index in [-0.39, 0.29) is 12.0 Å². The highest BCUT2D eigenvalue weighted by Crippen LogP contribution is 2.36. The van der Waals surface area contributed by atoms with Gasteiger partial charge in [-0.15, -0.1) is 0 Å². The van der Waals surface area contributed by atoms with Gasteiger partial charge in [0.25, 0.3) is 0 Å². The van der Waals surface area contributed by atoms with Gasteiger partial charge in [0.05, 0.1) is 12.7 Å².